The number of halogens is 1. The zero-order valence-electron chi connectivity index (χ0n) is 10.4. The predicted molar refractivity (Wildman–Crippen MR) is 68.1 cm³/mol. The van der Waals surface area contributed by atoms with Crippen LogP contribution >= 0.6 is 0 Å². The summed E-state index contributed by atoms with van der Waals surface area (Å²) in [5.74, 6) is -0.598. The van der Waals surface area contributed by atoms with Crippen molar-refractivity contribution in [3.05, 3.63) is 30.1 Å². The first kappa shape index (κ1) is 14.9. The second-order valence-corrected chi connectivity index (χ2v) is 5.89. The van der Waals surface area contributed by atoms with E-state index in [2.05, 4.69) is 0 Å². The highest BCUT2D eigenvalue weighted by atomic mass is 32.2. The molecular weight excluding hydrogens is 259 g/mol. The lowest BCUT2D eigenvalue weighted by Gasteiger charge is -2.25. The molecule has 0 heterocycles. The molecule has 0 fully saturated rings. The molecule has 1 aromatic rings. The Labute approximate surface area is 107 Å². The van der Waals surface area contributed by atoms with Crippen molar-refractivity contribution in [2.45, 2.75) is 6.42 Å². The molecule has 7 heteroatoms. The molecule has 102 valence electrons. The van der Waals surface area contributed by atoms with Gasteiger partial charge in [0.15, 0.2) is 0 Å². The van der Waals surface area contributed by atoms with Gasteiger partial charge >= 0.3 is 10.2 Å². The van der Waals surface area contributed by atoms with Crippen molar-refractivity contribution in [1.82, 2.24) is 4.31 Å². The Morgan fingerprint density at radius 3 is 2.44 bits per heavy atom. The number of benzene rings is 1. The summed E-state index contributed by atoms with van der Waals surface area (Å²) >= 11 is 0. The van der Waals surface area contributed by atoms with E-state index >= 15 is 0 Å². The van der Waals surface area contributed by atoms with Gasteiger partial charge in [0.2, 0.25) is 0 Å². The Hall–Kier alpha value is -1.18. The molecule has 0 radical (unpaired) electrons. The van der Waals surface area contributed by atoms with Crippen LogP contribution in [0, 0.1) is 5.82 Å². The molecule has 0 saturated carbocycles. The summed E-state index contributed by atoms with van der Waals surface area (Å²) < 4.78 is 39.7. The zero-order chi connectivity index (χ0) is 13.8. The van der Waals surface area contributed by atoms with Gasteiger partial charge in [-0.15, -0.1) is 0 Å². The SMILES string of the molecule is CN(CCCO)S(=O)(=O)N(C)c1ccccc1F. The van der Waals surface area contributed by atoms with Gasteiger partial charge in [-0.2, -0.15) is 12.7 Å². The highest BCUT2D eigenvalue weighted by Gasteiger charge is 2.25. The van der Waals surface area contributed by atoms with Crippen LogP contribution in [-0.2, 0) is 10.2 Å². The van der Waals surface area contributed by atoms with Crippen LogP contribution in [0.15, 0.2) is 24.3 Å². The molecule has 0 amide bonds. The number of aliphatic hydroxyl groups excluding tert-OH is 1. The van der Waals surface area contributed by atoms with Crippen LogP contribution in [0.1, 0.15) is 6.42 Å². The molecule has 0 bridgehead atoms. The molecule has 0 unspecified atom stereocenters. The normalized spacial score (nSPS) is 11.8. The second-order valence-electron chi connectivity index (χ2n) is 3.83. The van der Waals surface area contributed by atoms with Gasteiger partial charge in [-0.1, -0.05) is 12.1 Å². The van der Waals surface area contributed by atoms with Gasteiger partial charge in [0, 0.05) is 27.2 Å². The first-order valence-electron chi connectivity index (χ1n) is 5.47. The van der Waals surface area contributed by atoms with Crippen molar-refractivity contribution in [1.29, 1.82) is 0 Å². The molecule has 0 saturated heterocycles. The quantitative estimate of drug-likeness (QED) is 0.837. The first-order chi connectivity index (χ1) is 8.41. The lowest BCUT2D eigenvalue weighted by molar-refractivity contribution is 0.275. The van der Waals surface area contributed by atoms with E-state index in [9.17, 15) is 12.8 Å². The molecule has 1 rings (SSSR count). The Morgan fingerprint density at radius 1 is 1.28 bits per heavy atom. The van der Waals surface area contributed by atoms with Crippen LogP contribution in [0.25, 0.3) is 0 Å². The van der Waals surface area contributed by atoms with E-state index in [-0.39, 0.29) is 18.8 Å². The summed E-state index contributed by atoms with van der Waals surface area (Å²) in [6, 6.07) is 5.66. The number of rotatable bonds is 6. The van der Waals surface area contributed by atoms with Gasteiger partial charge in [0.25, 0.3) is 0 Å². The Balaban J connectivity index is 2.95. The van der Waals surface area contributed by atoms with Gasteiger partial charge in [-0.05, 0) is 18.6 Å². The van der Waals surface area contributed by atoms with Crippen LogP contribution in [0.2, 0.25) is 0 Å². The summed E-state index contributed by atoms with van der Waals surface area (Å²) in [4.78, 5) is 0. The van der Waals surface area contributed by atoms with Crippen molar-refractivity contribution < 1.29 is 17.9 Å². The average molecular weight is 276 g/mol. The highest BCUT2D eigenvalue weighted by molar-refractivity contribution is 7.90. The van der Waals surface area contributed by atoms with Crippen LogP contribution < -0.4 is 4.31 Å². The van der Waals surface area contributed by atoms with E-state index in [1.807, 2.05) is 0 Å². The summed E-state index contributed by atoms with van der Waals surface area (Å²) in [6.45, 7) is 0.0842. The van der Waals surface area contributed by atoms with E-state index in [4.69, 9.17) is 5.11 Å². The summed E-state index contributed by atoms with van der Waals surface area (Å²) in [7, 11) is -1.09. The summed E-state index contributed by atoms with van der Waals surface area (Å²) in [5.41, 5.74) is -0.00616. The standard InChI is InChI=1S/C11H17FN2O3S/c1-13(8-5-9-15)18(16,17)14(2)11-7-4-3-6-10(11)12/h3-4,6-7,15H,5,8-9H2,1-2H3. The summed E-state index contributed by atoms with van der Waals surface area (Å²) in [5, 5.41) is 8.69. The van der Waals surface area contributed by atoms with Crippen LogP contribution in [-0.4, -0.2) is 45.1 Å². The lowest BCUT2D eigenvalue weighted by atomic mass is 10.3. The van der Waals surface area contributed by atoms with Gasteiger partial charge in [0.1, 0.15) is 5.82 Å². The molecule has 0 aliphatic carbocycles. The predicted octanol–water partition coefficient (Wildman–Crippen LogP) is 0.821. The third-order valence-corrected chi connectivity index (χ3v) is 4.42. The number of nitrogens with zero attached hydrogens (tertiary/aromatic N) is 2. The van der Waals surface area contributed by atoms with Crippen LogP contribution in [0.5, 0.6) is 0 Å². The minimum atomic E-state index is -3.77. The third kappa shape index (κ3) is 3.18. The minimum absolute atomic E-state index is 0.00616. The zero-order valence-corrected chi connectivity index (χ0v) is 11.2. The number of hydrogen-bond donors (Lipinski definition) is 1. The largest absolute Gasteiger partial charge is 0.396 e. The fourth-order valence-electron chi connectivity index (χ4n) is 1.45. The second kappa shape index (κ2) is 6.12. The fourth-order valence-corrected chi connectivity index (χ4v) is 2.62. The maximum absolute atomic E-state index is 13.5. The van der Waals surface area contributed by atoms with Gasteiger partial charge in [-0.25, -0.2) is 4.39 Å². The van der Waals surface area contributed by atoms with E-state index < -0.39 is 16.0 Å². The van der Waals surface area contributed by atoms with Crippen molar-refractivity contribution >= 4 is 15.9 Å². The first-order valence-corrected chi connectivity index (χ1v) is 6.86. The Bertz CT molecular complexity index is 493. The fraction of sp³-hybridized carbons (Fsp3) is 0.455. The average Bonchev–Trinajstić information content (AvgIpc) is 2.35. The van der Waals surface area contributed by atoms with Gasteiger partial charge < -0.3 is 5.11 Å². The molecule has 0 atom stereocenters. The van der Waals surface area contributed by atoms with E-state index in [1.165, 1.54) is 32.3 Å². The molecule has 5 nitrogen and oxygen atoms in total. The van der Waals surface area contributed by atoms with Gasteiger partial charge in [-0.3, -0.25) is 4.31 Å². The van der Waals surface area contributed by atoms with Crippen molar-refractivity contribution in [3.8, 4) is 0 Å². The Morgan fingerprint density at radius 2 is 1.89 bits per heavy atom. The van der Waals surface area contributed by atoms with Crippen LogP contribution in [0.3, 0.4) is 0 Å². The molecule has 1 N–H and O–H groups in total. The summed E-state index contributed by atoms with van der Waals surface area (Å²) in [6.07, 6.45) is 0.334. The molecule has 0 aromatic heterocycles. The smallest absolute Gasteiger partial charge is 0.303 e. The maximum Gasteiger partial charge on any atom is 0.303 e. The van der Waals surface area contributed by atoms with Crippen molar-refractivity contribution in [3.63, 3.8) is 0 Å². The van der Waals surface area contributed by atoms with Crippen molar-refractivity contribution in [2.75, 3.05) is 31.6 Å². The molecular formula is C11H17FN2O3S. The lowest BCUT2D eigenvalue weighted by Crippen LogP contribution is -2.40. The van der Waals surface area contributed by atoms with Crippen molar-refractivity contribution in [2.24, 2.45) is 0 Å². The number of hydrogen-bond acceptors (Lipinski definition) is 3. The minimum Gasteiger partial charge on any atom is -0.396 e. The number of para-hydroxylation sites is 1. The monoisotopic (exact) mass is 276 g/mol. The Kier molecular flexibility index (Phi) is 5.06. The molecule has 0 aliphatic heterocycles. The third-order valence-electron chi connectivity index (χ3n) is 2.56. The van der Waals surface area contributed by atoms with Gasteiger partial charge in [0.05, 0.1) is 5.69 Å². The molecule has 0 aliphatic rings. The number of aliphatic hydroxyl groups is 1. The van der Waals surface area contributed by atoms with E-state index in [1.54, 1.807) is 6.07 Å². The maximum atomic E-state index is 13.5. The van der Waals surface area contributed by atoms with Crippen LogP contribution in [0.4, 0.5) is 10.1 Å². The van der Waals surface area contributed by atoms with E-state index in [0.29, 0.717) is 6.42 Å². The molecule has 0 spiro atoms. The number of anilines is 1. The molecule has 1 aromatic carbocycles. The van der Waals surface area contributed by atoms with E-state index in [0.717, 1.165) is 8.61 Å². The molecule has 18 heavy (non-hydrogen) atoms. The highest BCUT2D eigenvalue weighted by Crippen LogP contribution is 2.21. The topological polar surface area (TPSA) is 60.9 Å².